The third-order valence-corrected chi connectivity index (χ3v) is 3.67. The molecular weight excluding hydrogens is 354 g/mol. The molecule has 27 heavy (non-hydrogen) atoms. The first kappa shape index (κ1) is 20.4. The molecular formula is C20H22F2N2O3. The van der Waals surface area contributed by atoms with E-state index in [4.69, 9.17) is 4.74 Å². The molecule has 5 nitrogen and oxygen atoms in total. The monoisotopic (exact) mass is 376 g/mol. The average Bonchev–Trinajstić information content (AvgIpc) is 2.58. The molecule has 0 saturated heterocycles. The molecule has 0 heterocycles. The quantitative estimate of drug-likeness (QED) is 0.790. The molecule has 0 aliphatic rings. The first-order valence-electron chi connectivity index (χ1n) is 8.56. The van der Waals surface area contributed by atoms with Crippen molar-refractivity contribution in [3.05, 3.63) is 54.1 Å². The molecule has 0 aliphatic heterocycles. The van der Waals surface area contributed by atoms with E-state index in [0.29, 0.717) is 17.5 Å². The fraction of sp³-hybridized carbons (Fsp3) is 0.300. The number of carbonyl (C=O) groups excluding carboxylic acids is 2. The van der Waals surface area contributed by atoms with Crippen molar-refractivity contribution >= 4 is 23.2 Å². The summed E-state index contributed by atoms with van der Waals surface area (Å²) in [6.45, 7) is 5.35. The normalized spacial score (nSPS) is 10.6. The number of benzene rings is 2. The summed E-state index contributed by atoms with van der Waals surface area (Å²) in [5.74, 6) is -1.60. The maximum absolute atomic E-state index is 13.6. The Bertz CT molecular complexity index is 807. The summed E-state index contributed by atoms with van der Waals surface area (Å²) in [5.41, 5.74) is 0.519. The van der Waals surface area contributed by atoms with Gasteiger partial charge in [0.05, 0.1) is 11.8 Å². The van der Waals surface area contributed by atoms with E-state index in [1.165, 1.54) is 11.8 Å². The maximum Gasteiger partial charge on any atom is 0.226 e. The van der Waals surface area contributed by atoms with Crippen molar-refractivity contribution in [2.24, 2.45) is 0 Å². The third-order valence-electron chi connectivity index (χ3n) is 3.67. The van der Waals surface area contributed by atoms with Crippen molar-refractivity contribution in [1.29, 1.82) is 0 Å². The zero-order valence-electron chi connectivity index (χ0n) is 15.5. The number of rotatable bonds is 7. The van der Waals surface area contributed by atoms with E-state index in [-0.39, 0.29) is 30.7 Å². The second-order valence-corrected chi connectivity index (χ2v) is 6.25. The lowest BCUT2D eigenvalue weighted by molar-refractivity contribution is -0.117. The molecule has 0 radical (unpaired) electrons. The summed E-state index contributed by atoms with van der Waals surface area (Å²) in [4.78, 5) is 25.4. The van der Waals surface area contributed by atoms with Crippen molar-refractivity contribution < 1.29 is 23.1 Å². The van der Waals surface area contributed by atoms with Gasteiger partial charge in [-0.2, -0.15) is 0 Å². The van der Waals surface area contributed by atoms with Crippen molar-refractivity contribution in [3.63, 3.8) is 0 Å². The molecule has 2 aromatic carbocycles. The first-order chi connectivity index (χ1) is 12.8. The topological polar surface area (TPSA) is 58.6 Å². The molecule has 0 bridgehead atoms. The molecule has 144 valence electrons. The van der Waals surface area contributed by atoms with Crippen molar-refractivity contribution in [2.45, 2.75) is 33.3 Å². The number of nitrogens with zero attached hydrogens (tertiary/aromatic N) is 1. The van der Waals surface area contributed by atoms with E-state index in [9.17, 15) is 18.4 Å². The molecule has 0 aromatic heterocycles. The Hall–Kier alpha value is -2.96. The molecule has 2 aromatic rings. The van der Waals surface area contributed by atoms with Crippen molar-refractivity contribution in [1.82, 2.24) is 0 Å². The second-order valence-electron chi connectivity index (χ2n) is 6.25. The molecule has 2 amide bonds. The van der Waals surface area contributed by atoms with Gasteiger partial charge in [-0.1, -0.05) is 0 Å². The highest BCUT2D eigenvalue weighted by Crippen LogP contribution is 2.21. The van der Waals surface area contributed by atoms with Crippen LogP contribution in [0.3, 0.4) is 0 Å². The van der Waals surface area contributed by atoms with E-state index in [0.717, 1.165) is 12.1 Å². The second kappa shape index (κ2) is 9.12. The highest BCUT2D eigenvalue weighted by atomic mass is 19.1. The SMILES string of the molecule is CC(=O)N(CCC(=O)Nc1ccc(F)cc1F)c1ccc(OC(C)C)cc1. The van der Waals surface area contributed by atoms with Crippen LogP contribution < -0.4 is 15.0 Å². The van der Waals surface area contributed by atoms with Crippen LogP contribution in [0.1, 0.15) is 27.2 Å². The zero-order chi connectivity index (χ0) is 20.0. The minimum Gasteiger partial charge on any atom is -0.491 e. The van der Waals surface area contributed by atoms with E-state index >= 15 is 0 Å². The molecule has 0 atom stereocenters. The molecule has 0 aliphatic carbocycles. The number of hydrogen-bond acceptors (Lipinski definition) is 3. The van der Waals surface area contributed by atoms with E-state index in [2.05, 4.69) is 5.32 Å². The fourth-order valence-corrected chi connectivity index (χ4v) is 2.46. The Morgan fingerprint density at radius 1 is 1.11 bits per heavy atom. The highest BCUT2D eigenvalue weighted by Gasteiger charge is 2.15. The highest BCUT2D eigenvalue weighted by molar-refractivity contribution is 5.94. The van der Waals surface area contributed by atoms with Gasteiger partial charge < -0.3 is 15.0 Å². The Kier molecular flexibility index (Phi) is 6.87. The molecule has 0 spiro atoms. The largest absolute Gasteiger partial charge is 0.491 e. The number of amides is 2. The maximum atomic E-state index is 13.6. The van der Waals surface area contributed by atoms with E-state index < -0.39 is 17.5 Å². The lowest BCUT2D eigenvalue weighted by atomic mass is 10.2. The van der Waals surface area contributed by atoms with Gasteiger partial charge in [0, 0.05) is 31.6 Å². The lowest BCUT2D eigenvalue weighted by Gasteiger charge is -2.21. The van der Waals surface area contributed by atoms with Crippen molar-refractivity contribution in [2.75, 3.05) is 16.8 Å². The third kappa shape index (κ3) is 6.06. The van der Waals surface area contributed by atoms with Gasteiger partial charge >= 0.3 is 0 Å². The molecule has 7 heteroatoms. The number of hydrogen-bond donors (Lipinski definition) is 1. The van der Waals surface area contributed by atoms with Crippen LogP contribution in [0.5, 0.6) is 5.75 Å². The van der Waals surface area contributed by atoms with E-state index in [1.54, 1.807) is 24.3 Å². The number of anilines is 2. The average molecular weight is 376 g/mol. The molecule has 2 rings (SSSR count). The lowest BCUT2D eigenvalue weighted by Crippen LogP contribution is -2.32. The molecule has 0 unspecified atom stereocenters. The predicted molar refractivity (Wildman–Crippen MR) is 99.8 cm³/mol. The van der Waals surface area contributed by atoms with Crippen LogP contribution >= 0.6 is 0 Å². The number of halogens is 2. The number of carbonyl (C=O) groups is 2. The van der Waals surface area contributed by atoms with Crippen LogP contribution in [0.25, 0.3) is 0 Å². The van der Waals surface area contributed by atoms with E-state index in [1.807, 2.05) is 13.8 Å². The van der Waals surface area contributed by atoms with Gasteiger partial charge in [0.15, 0.2) is 0 Å². The summed E-state index contributed by atoms with van der Waals surface area (Å²) in [6.07, 6.45) is -0.00370. The van der Waals surface area contributed by atoms with Gasteiger partial charge in [-0.05, 0) is 50.2 Å². The van der Waals surface area contributed by atoms with Gasteiger partial charge in [-0.25, -0.2) is 8.78 Å². The fourth-order valence-electron chi connectivity index (χ4n) is 2.46. The van der Waals surface area contributed by atoms with Crippen LogP contribution in [-0.2, 0) is 9.59 Å². The Morgan fingerprint density at radius 2 is 1.78 bits per heavy atom. The molecule has 1 N–H and O–H groups in total. The Balaban J connectivity index is 1.99. The summed E-state index contributed by atoms with van der Waals surface area (Å²) in [5, 5.41) is 2.38. The Labute approximate surface area is 156 Å². The number of nitrogens with one attached hydrogen (secondary N) is 1. The van der Waals surface area contributed by atoms with Crippen LogP contribution in [0, 0.1) is 11.6 Å². The zero-order valence-corrected chi connectivity index (χ0v) is 15.5. The Morgan fingerprint density at radius 3 is 2.33 bits per heavy atom. The van der Waals surface area contributed by atoms with Crippen LogP contribution in [0.15, 0.2) is 42.5 Å². The van der Waals surface area contributed by atoms with Crippen LogP contribution in [-0.4, -0.2) is 24.5 Å². The summed E-state index contributed by atoms with van der Waals surface area (Å²) < 4.78 is 32.1. The summed E-state index contributed by atoms with van der Waals surface area (Å²) >= 11 is 0. The van der Waals surface area contributed by atoms with Gasteiger partial charge in [0.1, 0.15) is 17.4 Å². The number of ether oxygens (including phenoxy) is 1. The van der Waals surface area contributed by atoms with Gasteiger partial charge in [-0.15, -0.1) is 0 Å². The van der Waals surface area contributed by atoms with Gasteiger partial charge in [0.2, 0.25) is 11.8 Å². The predicted octanol–water partition coefficient (Wildman–Crippen LogP) is 4.13. The van der Waals surface area contributed by atoms with Gasteiger partial charge in [0.25, 0.3) is 0 Å². The van der Waals surface area contributed by atoms with Crippen LogP contribution in [0.4, 0.5) is 20.2 Å². The molecule has 0 saturated carbocycles. The summed E-state index contributed by atoms with van der Waals surface area (Å²) in [7, 11) is 0. The summed E-state index contributed by atoms with van der Waals surface area (Å²) in [6, 6.07) is 9.87. The van der Waals surface area contributed by atoms with Crippen molar-refractivity contribution in [3.8, 4) is 5.75 Å². The van der Waals surface area contributed by atoms with Gasteiger partial charge in [-0.3, -0.25) is 9.59 Å². The first-order valence-corrected chi connectivity index (χ1v) is 8.56. The minimum atomic E-state index is -0.854. The van der Waals surface area contributed by atoms with Crippen LogP contribution in [0.2, 0.25) is 0 Å². The minimum absolute atomic E-state index is 0.0373. The standard InChI is InChI=1S/C20H22F2N2O3/c1-13(2)27-17-7-5-16(6-8-17)24(14(3)25)11-10-20(26)23-19-9-4-15(21)12-18(19)22/h4-9,12-13H,10-11H2,1-3H3,(H,23,26). The molecule has 0 fully saturated rings. The smallest absolute Gasteiger partial charge is 0.226 e.